The molecule has 1 heterocycles. The van der Waals surface area contributed by atoms with Crippen molar-refractivity contribution in [1.29, 1.82) is 0 Å². The maximum Gasteiger partial charge on any atom is 0.233 e. The predicted octanol–water partition coefficient (Wildman–Crippen LogP) is 3.61. The van der Waals surface area contributed by atoms with E-state index in [1.165, 1.54) is 28.0 Å². The number of anilines is 1. The lowest BCUT2D eigenvalue weighted by molar-refractivity contribution is -0.127. The number of thioether (sulfide) groups is 2. The molecule has 1 aromatic heterocycles. The normalized spacial score (nSPS) is 10.4. The molecular formula is C16H20N4OS3. The summed E-state index contributed by atoms with van der Waals surface area (Å²) in [6.45, 7) is 4.90. The van der Waals surface area contributed by atoms with Crippen molar-refractivity contribution in [3.63, 3.8) is 0 Å². The molecule has 1 N–H and O–H groups in total. The van der Waals surface area contributed by atoms with E-state index in [1.54, 1.807) is 22.7 Å². The van der Waals surface area contributed by atoms with Gasteiger partial charge < -0.3 is 10.2 Å². The third kappa shape index (κ3) is 5.85. The topological polar surface area (TPSA) is 58.1 Å². The van der Waals surface area contributed by atoms with Gasteiger partial charge in [0.1, 0.15) is 0 Å². The first-order chi connectivity index (χ1) is 11.6. The fraction of sp³-hybridized carbons (Fsp3) is 0.312. The number of carbonyl (C=O) groups excluding carboxylic acids is 1. The maximum atomic E-state index is 12.3. The van der Waals surface area contributed by atoms with Gasteiger partial charge in [-0.1, -0.05) is 41.3 Å². The second-order valence-electron chi connectivity index (χ2n) is 4.93. The summed E-state index contributed by atoms with van der Waals surface area (Å²) in [7, 11) is 1.82. The van der Waals surface area contributed by atoms with Gasteiger partial charge in [-0.15, -0.1) is 28.5 Å². The van der Waals surface area contributed by atoms with E-state index in [1.807, 2.05) is 13.3 Å². The second kappa shape index (κ2) is 9.71. The summed E-state index contributed by atoms with van der Waals surface area (Å²) in [6.07, 6.45) is 3.81. The zero-order valence-electron chi connectivity index (χ0n) is 13.7. The van der Waals surface area contributed by atoms with Crippen molar-refractivity contribution < 1.29 is 4.79 Å². The van der Waals surface area contributed by atoms with Crippen molar-refractivity contribution in [2.45, 2.75) is 15.8 Å². The molecule has 8 heteroatoms. The van der Waals surface area contributed by atoms with Crippen LogP contribution in [0, 0.1) is 0 Å². The summed E-state index contributed by atoms with van der Waals surface area (Å²) < 4.78 is 0.785. The largest absolute Gasteiger partial charge is 0.357 e. The molecule has 1 amide bonds. The summed E-state index contributed by atoms with van der Waals surface area (Å²) in [6, 6.07) is 8.27. The fourth-order valence-corrected chi connectivity index (χ4v) is 3.93. The first-order valence-corrected chi connectivity index (χ1v) is 10.3. The standard InChI is InChI=1S/C16H20N4OS3/c1-4-9-17-15-18-19-16(24-15)23-11-14(21)20(2)10-12-5-7-13(22-3)8-6-12/h4-8H,1,9-11H2,2-3H3,(H,17,18). The monoisotopic (exact) mass is 380 g/mol. The van der Waals surface area contributed by atoms with Crippen molar-refractivity contribution in [3.8, 4) is 0 Å². The first-order valence-electron chi connectivity index (χ1n) is 7.30. The lowest BCUT2D eigenvalue weighted by Crippen LogP contribution is -2.27. The van der Waals surface area contributed by atoms with Gasteiger partial charge in [-0.25, -0.2) is 0 Å². The molecule has 0 saturated carbocycles. The molecule has 2 aromatic rings. The van der Waals surface area contributed by atoms with Gasteiger partial charge in [0.2, 0.25) is 11.0 Å². The average Bonchev–Trinajstić information content (AvgIpc) is 3.06. The van der Waals surface area contributed by atoms with Gasteiger partial charge in [-0.2, -0.15) is 0 Å². The quantitative estimate of drug-likeness (QED) is 0.530. The molecule has 0 aliphatic carbocycles. The Morgan fingerprint density at radius 2 is 2.12 bits per heavy atom. The van der Waals surface area contributed by atoms with Crippen LogP contribution in [0.2, 0.25) is 0 Å². The van der Waals surface area contributed by atoms with Gasteiger partial charge in [-0.3, -0.25) is 4.79 Å². The van der Waals surface area contributed by atoms with Crippen LogP contribution in [0.15, 0.2) is 46.2 Å². The Labute approximate surface area is 154 Å². The smallest absolute Gasteiger partial charge is 0.233 e. The highest BCUT2D eigenvalue weighted by molar-refractivity contribution is 8.01. The number of hydrogen-bond donors (Lipinski definition) is 1. The van der Waals surface area contributed by atoms with Crippen molar-refractivity contribution in [1.82, 2.24) is 15.1 Å². The van der Waals surface area contributed by atoms with Crippen LogP contribution in [0.4, 0.5) is 5.13 Å². The van der Waals surface area contributed by atoms with Crippen molar-refractivity contribution >= 4 is 45.9 Å². The minimum absolute atomic E-state index is 0.0738. The molecule has 0 spiro atoms. The van der Waals surface area contributed by atoms with E-state index < -0.39 is 0 Å². The summed E-state index contributed by atoms with van der Waals surface area (Å²) >= 11 is 4.56. The van der Waals surface area contributed by atoms with E-state index in [9.17, 15) is 4.79 Å². The Morgan fingerprint density at radius 1 is 1.38 bits per heavy atom. The van der Waals surface area contributed by atoms with Gasteiger partial charge >= 0.3 is 0 Å². The van der Waals surface area contributed by atoms with E-state index in [4.69, 9.17) is 0 Å². The molecule has 0 unspecified atom stereocenters. The van der Waals surface area contributed by atoms with E-state index in [2.05, 4.69) is 46.4 Å². The molecule has 0 radical (unpaired) electrons. The molecular weight excluding hydrogens is 360 g/mol. The van der Waals surface area contributed by atoms with Gasteiger partial charge in [0.05, 0.1) is 5.75 Å². The summed E-state index contributed by atoms with van der Waals surface area (Å²) in [4.78, 5) is 15.2. The highest BCUT2D eigenvalue weighted by Crippen LogP contribution is 2.25. The SMILES string of the molecule is C=CCNc1nnc(SCC(=O)N(C)Cc2ccc(SC)cc2)s1. The number of hydrogen-bond acceptors (Lipinski definition) is 7. The van der Waals surface area contributed by atoms with E-state index >= 15 is 0 Å². The number of nitrogens with one attached hydrogen (secondary N) is 1. The highest BCUT2D eigenvalue weighted by atomic mass is 32.2. The average molecular weight is 381 g/mol. The Hall–Kier alpha value is -1.51. The molecule has 0 aliphatic heterocycles. The van der Waals surface area contributed by atoms with Crippen molar-refractivity contribution in [2.75, 3.05) is 30.9 Å². The van der Waals surface area contributed by atoms with Gasteiger partial charge in [0, 0.05) is 25.0 Å². The number of benzene rings is 1. The van der Waals surface area contributed by atoms with Crippen LogP contribution in [0.1, 0.15) is 5.56 Å². The van der Waals surface area contributed by atoms with Crippen LogP contribution < -0.4 is 5.32 Å². The van der Waals surface area contributed by atoms with Crippen LogP contribution in [0.3, 0.4) is 0 Å². The Morgan fingerprint density at radius 3 is 2.79 bits per heavy atom. The minimum Gasteiger partial charge on any atom is -0.357 e. The molecule has 5 nitrogen and oxygen atoms in total. The third-order valence-electron chi connectivity index (χ3n) is 3.13. The number of nitrogens with zero attached hydrogens (tertiary/aromatic N) is 3. The molecule has 128 valence electrons. The Kier molecular flexibility index (Phi) is 7.61. The van der Waals surface area contributed by atoms with E-state index in [0.29, 0.717) is 18.8 Å². The van der Waals surface area contributed by atoms with Gasteiger partial charge in [-0.05, 0) is 24.0 Å². The minimum atomic E-state index is 0.0738. The summed E-state index contributed by atoms with van der Waals surface area (Å²) in [5, 5.41) is 11.9. The van der Waals surface area contributed by atoms with Gasteiger partial charge in [0.25, 0.3) is 0 Å². The van der Waals surface area contributed by atoms with E-state index in [0.717, 1.165) is 15.0 Å². The van der Waals surface area contributed by atoms with Crippen molar-refractivity contribution in [2.24, 2.45) is 0 Å². The molecule has 1 aromatic carbocycles. The number of amides is 1. The Bertz CT molecular complexity index is 672. The predicted molar refractivity (Wildman–Crippen MR) is 104 cm³/mol. The summed E-state index contributed by atoms with van der Waals surface area (Å²) in [5.74, 6) is 0.430. The first kappa shape index (κ1) is 18.8. The number of rotatable bonds is 9. The van der Waals surface area contributed by atoms with Crippen LogP contribution in [-0.2, 0) is 11.3 Å². The zero-order valence-corrected chi connectivity index (χ0v) is 16.1. The lowest BCUT2D eigenvalue weighted by Gasteiger charge is -2.16. The van der Waals surface area contributed by atoms with Crippen LogP contribution >= 0.6 is 34.9 Å². The molecule has 0 saturated heterocycles. The Balaban J connectivity index is 1.80. The third-order valence-corrected chi connectivity index (χ3v) is 5.87. The maximum absolute atomic E-state index is 12.3. The molecule has 0 aliphatic rings. The zero-order chi connectivity index (χ0) is 17.4. The second-order valence-corrected chi connectivity index (χ2v) is 8.01. The number of carbonyl (C=O) groups is 1. The van der Waals surface area contributed by atoms with E-state index in [-0.39, 0.29) is 5.91 Å². The lowest BCUT2D eigenvalue weighted by atomic mass is 10.2. The van der Waals surface area contributed by atoms with Gasteiger partial charge in [0.15, 0.2) is 4.34 Å². The highest BCUT2D eigenvalue weighted by Gasteiger charge is 2.12. The molecule has 0 bridgehead atoms. The molecule has 2 rings (SSSR count). The molecule has 0 fully saturated rings. The van der Waals surface area contributed by atoms with Crippen LogP contribution in [-0.4, -0.2) is 46.6 Å². The number of aromatic nitrogens is 2. The molecule has 0 atom stereocenters. The van der Waals surface area contributed by atoms with Crippen molar-refractivity contribution in [3.05, 3.63) is 42.5 Å². The summed E-state index contributed by atoms with van der Waals surface area (Å²) in [5.41, 5.74) is 1.13. The van der Waals surface area contributed by atoms with Crippen LogP contribution in [0.25, 0.3) is 0 Å². The molecule has 24 heavy (non-hydrogen) atoms. The van der Waals surface area contributed by atoms with Crippen LogP contribution in [0.5, 0.6) is 0 Å². The fourth-order valence-electron chi connectivity index (χ4n) is 1.83.